The molecule has 0 saturated carbocycles. The molecule has 0 saturated heterocycles. The van der Waals surface area contributed by atoms with Crippen molar-refractivity contribution in [1.29, 1.82) is 0 Å². The van der Waals surface area contributed by atoms with Crippen LogP contribution in [0.4, 0.5) is 0 Å². The van der Waals surface area contributed by atoms with Gasteiger partial charge in [0.1, 0.15) is 0 Å². The first-order chi connectivity index (χ1) is 12.1. The van der Waals surface area contributed by atoms with E-state index in [0.717, 1.165) is 16.3 Å². The maximum atomic E-state index is 13.0. The number of pyridine rings is 1. The van der Waals surface area contributed by atoms with E-state index < -0.39 is 0 Å². The third-order valence-electron chi connectivity index (χ3n) is 4.31. The summed E-state index contributed by atoms with van der Waals surface area (Å²) in [4.78, 5) is 29.6. The van der Waals surface area contributed by atoms with Crippen LogP contribution in [-0.2, 0) is 0 Å². The molecular weight excluding hydrogens is 310 g/mol. The summed E-state index contributed by atoms with van der Waals surface area (Å²) in [5.41, 5.74) is 3.01. The van der Waals surface area contributed by atoms with Crippen molar-refractivity contribution in [3.8, 4) is 0 Å². The van der Waals surface area contributed by atoms with Gasteiger partial charge in [0.25, 0.3) is 0 Å². The van der Waals surface area contributed by atoms with E-state index >= 15 is 0 Å². The molecule has 0 N–H and O–H groups in total. The summed E-state index contributed by atoms with van der Waals surface area (Å²) in [6, 6.07) is 22.3. The Hall–Kier alpha value is -3.33. The molecule has 3 nitrogen and oxygen atoms in total. The Morgan fingerprint density at radius 1 is 0.760 bits per heavy atom. The summed E-state index contributed by atoms with van der Waals surface area (Å²) in [6.45, 7) is 1.51. The van der Waals surface area contributed by atoms with Crippen molar-refractivity contribution in [1.82, 2.24) is 4.98 Å². The Labute approximate surface area is 144 Å². The van der Waals surface area contributed by atoms with Gasteiger partial charge in [-0.1, -0.05) is 48.5 Å². The normalized spacial score (nSPS) is 10.9. The predicted octanol–water partition coefficient (Wildman–Crippen LogP) is 4.82. The second-order valence-electron chi connectivity index (χ2n) is 6.03. The number of nitrogens with zero attached hydrogens (tertiary/aromatic N) is 1. The number of ketones is 2. The SMILES string of the molecule is CC(=O)c1cc(C(=O)c2ccccc2)c2nc3ccccc3cc2c1. The number of benzene rings is 3. The fourth-order valence-electron chi connectivity index (χ4n) is 3.01. The van der Waals surface area contributed by atoms with Gasteiger partial charge in [0.15, 0.2) is 11.6 Å². The van der Waals surface area contributed by atoms with Gasteiger partial charge in [-0.2, -0.15) is 0 Å². The third kappa shape index (κ3) is 2.70. The highest BCUT2D eigenvalue weighted by Crippen LogP contribution is 2.26. The maximum absolute atomic E-state index is 13.0. The lowest BCUT2D eigenvalue weighted by Gasteiger charge is -2.09. The van der Waals surface area contributed by atoms with Crippen molar-refractivity contribution in [2.24, 2.45) is 0 Å². The number of hydrogen-bond donors (Lipinski definition) is 0. The lowest BCUT2D eigenvalue weighted by Crippen LogP contribution is -2.06. The summed E-state index contributed by atoms with van der Waals surface area (Å²) < 4.78 is 0. The Balaban J connectivity index is 2.05. The summed E-state index contributed by atoms with van der Waals surface area (Å²) in [5, 5.41) is 1.78. The van der Waals surface area contributed by atoms with E-state index in [1.54, 1.807) is 24.3 Å². The van der Waals surface area contributed by atoms with Gasteiger partial charge in [-0.3, -0.25) is 9.59 Å². The Bertz CT molecular complexity index is 1130. The molecule has 0 radical (unpaired) electrons. The molecule has 0 bridgehead atoms. The molecule has 0 aliphatic heterocycles. The molecule has 1 heterocycles. The minimum absolute atomic E-state index is 0.0721. The molecular formula is C22H15NO2. The smallest absolute Gasteiger partial charge is 0.195 e. The third-order valence-corrected chi connectivity index (χ3v) is 4.31. The number of fused-ring (bicyclic) bond motifs is 2. The molecule has 0 aliphatic rings. The second-order valence-corrected chi connectivity index (χ2v) is 6.03. The molecule has 0 atom stereocenters. The predicted molar refractivity (Wildman–Crippen MR) is 99.1 cm³/mol. The lowest BCUT2D eigenvalue weighted by atomic mass is 9.96. The van der Waals surface area contributed by atoms with E-state index in [4.69, 9.17) is 4.98 Å². The van der Waals surface area contributed by atoms with Crippen LogP contribution < -0.4 is 0 Å². The molecule has 3 heteroatoms. The van der Waals surface area contributed by atoms with Crippen molar-refractivity contribution < 1.29 is 9.59 Å². The number of aromatic nitrogens is 1. The van der Waals surface area contributed by atoms with Gasteiger partial charge >= 0.3 is 0 Å². The van der Waals surface area contributed by atoms with Crippen LogP contribution in [0.1, 0.15) is 33.2 Å². The first kappa shape index (κ1) is 15.2. The van der Waals surface area contributed by atoms with E-state index in [2.05, 4.69) is 0 Å². The number of Topliss-reactive ketones (excluding diaryl/α,β-unsaturated/α-hetero) is 1. The molecule has 4 aromatic rings. The first-order valence-electron chi connectivity index (χ1n) is 8.08. The fraction of sp³-hybridized carbons (Fsp3) is 0.0455. The molecule has 0 fully saturated rings. The Morgan fingerprint density at radius 3 is 2.24 bits per heavy atom. The molecule has 0 amide bonds. The number of rotatable bonds is 3. The zero-order chi connectivity index (χ0) is 17.4. The molecule has 25 heavy (non-hydrogen) atoms. The van der Waals surface area contributed by atoms with Crippen LogP contribution in [0.5, 0.6) is 0 Å². The topological polar surface area (TPSA) is 47.0 Å². The van der Waals surface area contributed by atoms with Crippen molar-refractivity contribution >= 4 is 33.4 Å². The molecule has 1 aromatic heterocycles. The standard InChI is InChI=1S/C22H15NO2/c1-14(24)17-12-18-11-16-9-5-6-10-20(16)23-21(18)19(13-17)22(25)15-7-3-2-4-8-15/h2-13H,1H3. The maximum Gasteiger partial charge on any atom is 0.195 e. The van der Waals surface area contributed by atoms with Gasteiger partial charge < -0.3 is 0 Å². The van der Waals surface area contributed by atoms with Gasteiger partial charge in [-0.15, -0.1) is 0 Å². The molecule has 3 aromatic carbocycles. The van der Waals surface area contributed by atoms with Crippen LogP contribution in [0, 0.1) is 0 Å². The van der Waals surface area contributed by atoms with E-state index in [-0.39, 0.29) is 11.6 Å². The van der Waals surface area contributed by atoms with Gasteiger partial charge in [-0.25, -0.2) is 4.98 Å². The summed E-state index contributed by atoms with van der Waals surface area (Å²) in [5.74, 6) is -0.200. The van der Waals surface area contributed by atoms with E-state index in [1.165, 1.54) is 6.92 Å². The zero-order valence-corrected chi connectivity index (χ0v) is 13.7. The summed E-state index contributed by atoms with van der Waals surface area (Å²) in [7, 11) is 0. The van der Waals surface area contributed by atoms with Crippen LogP contribution in [0.3, 0.4) is 0 Å². The van der Waals surface area contributed by atoms with Crippen LogP contribution in [0.2, 0.25) is 0 Å². The van der Waals surface area contributed by atoms with Crippen molar-refractivity contribution in [2.45, 2.75) is 6.92 Å². The molecule has 0 unspecified atom stereocenters. The molecule has 4 rings (SSSR count). The number of para-hydroxylation sites is 1. The van der Waals surface area contributed by atoms with E-state index in [9.17, 15) is 9.59 Å². The van der Waals surface area contributed by atoms with Crippen molar-refractivity contribution in [3.63, 3.8) is 0 Å². The molecule has 0 aliphatic carbocycles. The van der Waals surface area contributed by atoms with Crippen LogP contribution in [0.25, 0.3) is 21.8 Å². The minimum atomic E-state index is -0.128. The van der Waals surface area contributed by atoms with Crippen LogP contribution in [0.15, 0.2) is 72.8 Å². The second kappa shape index (κ2) is 5.95. The van der Waals surface area contributed by atoms with Crippen molar-refractivity contribution in [2.75, 3.05) is 0 Å². The van der Waals surface area contributed by atoms with Crippen LogP contribution >= 0.6 is 0 Å². The van der Waals surface area contributed by atoms with Crippen LogP contribution in [-0.4, -0.2) is 16.6 Å². The Kier molecular flexibility index (Phi) is 3.62. The average Bonchev–Trinajstić information content (AvgIpc) is 2.65. The highest BCUT2D eigenvalue weighted by Gasteiger charge is 2.17. The largest absolute Gasteiger partial charge is 0.295 e. The highest BCUT2D eigenvalue weighted by molar-refractivity contribution is 6.18. The Morgan fingerprint density at radius 2 is 1.48 bits per heavy atom. The van der Waals surface area contributed by atoms with Gasteiger partial charge in [0.05, 0.1) is 11.0 Å². The minimum Gasteiger partial charge on any atom is -0.295 e. The average molecular weight is 325 g/mol. The van der Waals surface area contributed by atoms with E-state index in [1.807, 2.05) is 48.5 Å². The monoisotopic (exact) mass is 325 g/mol. The summed E-state index contributed by atoms with van der Waals surface area (Å²) in [6.07, 6.45) is 0. The van der Waals surface area contributed by atoms with Gasteiger partial charge in [0.2, 0.25) is 0 Å². The van der Waals surface area contributed by atoms with E-state index in [0.29, 0.717) is 22.2 Å². The van der Waals surface area contributed by atoms with Gasteiger partial charge in [0, 0.05) is 27.5 Å². The zero-order valence-electron chi connectivity index (χ0n) is 13.7. The summed E-state index contributed by atoms with van der Waals surface area (Å²) >= 11 is 0. The van der Waals surface area contributed by atoms with Gasteiger partial charge in [-0.05, 0) is 31.2 Å². The highest BCUT2D eigenvalue weighted by atomic mass is 16.1. The number of carbonyl (C=O) groups is 2. The first-order valence-corrected chi connectivity index (χ1v) is 8.08. The lowest BCUT2D eigenvalue weighted by molar-refractivity contribution is 0.101. The fourth-order valence-corrected chi connectivity index (χ4v) is 3.01. The molecule has 120 valence electrons. The molecule has 0 spiro atoms. The number of hydrogen-bond acceptors (Lipinski definition) is 3. The number of carbonyl (C=O) groups excluding carboxylic acids is 2. The quantitative estimate of drug-likeness (QED) is 0.401. The van der Waals surface area contributed by atoms with Crippen molar-refractivity contribution in [3.05, 3.63) is 89.5 Å².